The number of hydrogen-bond acceptors (Lipinski definition) is 2. The van der Waals surface area contributed by atoms with Crippen LogP contribution >= 0.6 is 0 Å². The molecule has 0 radical (unpaired) electrons. The first-order valence-corrected chi connectivity index (χ1v) is 18.5. The van der Waals surface area contributed by atoms with E-state index < -0.39 is 0 Å². The van der Waals surface area contributed by atoms with Gasteiger partial charge in [-0.3, -0.25) is 0 Å². The Morgan fingerprint density at radius 3 is 1.74 bits per heavy atom. The molecule has 1 heterocycles. The Bertz CT molecular complexity index is 3210. The number of fused-ring (bicyclic) bond motifs is 9. The third-order valence-corrected chi connectivity index (χ3v) is 11.0. The predicted molar refractivity (Wildman–Crippen MR) is 229 cm³/mol. The van der Waals surface area contributed by atoms with Gasteiger partial charge >= 0.3 is 0 Å². The highest BCUT2D eigenvalue weighted by Crippen LogP contribution is 2.48. The van der Waals surface area contributed by atoms with Gasteiger partial charge in [-0.1, -0.05) is 164 Å². The van der Waals surface area contributed by atoms with E-state index in [0.717, 1.165) is 50.1 Å². The van der Waals surface area contributed by atoms with Crippen molar-refractivity contribution in [3.05, 3.63) is 200 Å². The second-order valence-corrected chi connectivity index (χ2v) is 14.1. The summed E-state index contributed by atoms with van der Waals surface area (Å²) in [6.45, 7) is 0. The number of benzene rings is 10. The second kappa shape index (κ2) is 12.2. The molecule has 0 aliphatic carbocycles. The summed E-state index contributed by atoms with van der Waals surface area (Å²) in [4.78, 5) is 2.44. The molecule has 2 nitrogen and oxygen atoms in total. The molecule has 0 saturated carbocycles. The summed E-state index contributed by atoms with van der Waals surface area (Å²) in [7, 11) is 0. The minimum absolute atomic E-state index is 0.871. The monoisotopic (exact) mass is 687 g/mol. The lowest BCUT2D eigenvalue weighted by atomic mass is 9.96. The van der Waals surface area contributed by atoms with Gasteiger partial charge in [-0.25, -0.2) is 0 Å². The normalized spacial score (nSPS) is 11.7. The Balaban J connectivity index is 1.19. The average Bonchev–Trinajstić information content (AvgIpc) is 3.64. The lowest BCUT2D eigenvalue weighted by molar-refractivity contribution is 0.670. The summed E-state index contributed by atoms with van der Waals surface area (Å²) in [5.41, 5.74) is 9.60. The van der Waals surface area contributed by atoms with Crippen LogP contribution in [0.5, 0.6) is 0 Å². The molecule has 0 bridgehead atoms. The van der Waals surface area contributed by atoms with Crippen LogP contribution < -0.4 is 4.90 Å². The zero-order chi connectivity index (χ0) is 35.6. The van der Waals surface area contributed by atoms with Crippen LogP contribution in [0.1, 0.15) is 0 Å². The van der Waals surface area contributed by atoms with Crippen LogP contribution in [0.15, 0.2) is 205 Å². The molecule has 1 aromatic heterocycles. The number of furan rings is 1. The van der Waals surface area contributed by atoms with Crippen molar-refractivity contribution in [1.29, 1.82) is 0 Å². The molecule has 0 N–H and O–H groups in total. The molecule has 0 fully saturated rings. The van der Waals surface area contributed by atoms with Crippen molar-refractivity contribution in [2.75, 3.05) is 4.90 Å². The van der Waals surface area contributed by atoms with E-state index in [9.17, 15) is 0 Å². The molecular weight excluding hydrogens is 655 g/mol. The van der Waals surface area contributed by atoms with Gasteiger partial charge in [0, 0.05) is 22.0 Å². The molecule has 0 atom stereocenters. The Labute approximate surface area is 312 Å². The number of para-hydroxylation sites is 1. The highest BCUT2D eigenvalue weighted by molar-refractivity contribution is 6.20. The van der Waals surface area contributed by atoms with Gasteiger partial charge in [0.15, 0.2) is 0 Å². The highest BCUT2D eigenvalue weighted by Gasteiger charge is 2.24. The Morgan fingerprint density at radius 1 is 0.333 bits per heavy atom. The van der Waals surface area contributed by atoms with Gasteiger partial charge in [-0.15, -0.1) is 0 Å². The average molecular weight is 688 g/mol. The molecule has 0 amide bonds. The molecule has 0 saturated heterocycles. The summed E-state index contributed by atoms with van der Waals surface area (Å²) in [5, 5.41) is 12.0. The first kappa shape index (κ1) is 30.5. The molecule has 11 rings (SSSR count). The SMILES string of the molecule is c1ccc(-c2ccc(-c3ccc(N(c4ccc5c(ccc6ccccc65)c4)c4cccc5c4ccc4ccccc45)c4c3oc3ccccc34)cc2)cc1. The summed E-state index contributed by atoms with van der Waals surface area (Å²) in [6.07, 6.45) is 0. The topological polar surface area (TPSA) is 16.4 Å². The van der Waals surface area contributed by atoms with E-state index in [2.05, 4.69) is 205 Å². The van der Waals surface area contributed by atoms with Crippen LogP contribution in [0, 0.1) is 0 Å². The fraction of sp³-hybridized carbons (Fsp3) is 0. The van der Waals surface area contributed by atoms with Crippen LogP contribution in [0.3, 0.4) is 0 Å². The van der Waals surface area contributed by atoms with Crippen molar-refractivity contribution >= 4 is 82.1 Å². The number of anilines is 3. The van der Waals surface area contributed by atoms with Crippen molar-refractivity contribution in [2.45, 2.75) is 0 Å². The lowest BCUT2D eigenvalue weighted by Gasteiger charge is -2.28. The van der Waals surface area contributed by atoms with Crippen molar-refractivity contribution < 1.29 is 4.42 Å². The van der Waals surface area contributed by atoms with Crippen LogP contribution in [-0.2, 0) is 0 Å². The Hall–Kier alpha value is -7.16. The van der Waals surface area contributed by atoms with Gasteiger partial charge in [-0.05, 0) is 90.8 Å². The summed E-state index contributed by atoms with van der Waals surface area (Å²) in [6, 6.07) is 72.2. The highest BCUT2D eigenvalue weighted by atomic mass is 16.3. The quantitative estimate of drug-likeness (QED) is 0.168. The van der Waals surface area contributed by atoms with E-state index in [-0.39, 0.29) is 0 Å². The second-order valence-electron chi connectivity index (χ2n) is 14.1. The third-order valence-electron chi connectivity index (χ3n) is 11.0. The standard InChI is InChI=1S/C52H33NO/c1-2-11-34(12-3-1)35-21-23-38(24-22-35)44-31-32-49(51-47-17-8-9-20-50(47)54-52(44)51)53(40-28-30-43-39(33-40)26-25-36-13-4-6-15-41(36)43)48-19-10-18-45-42-16-7-5-14-37(42)27-29-46(45)48/h1-33H. The molecular formula is C52H33NO. The van der Waals surface area contributed by atoms with Crippen molar-refractivity contribution in [3.63, 3.8) is 0 Å². The lowest BCUT2D eigenvalue weighted by Crippen LogP contribution is -2.11. The predicted octanol–water partition coefficient (Wildman–Crippen LogP) is 15.0. The van der Waals surface area contributed by atoms with Gasteiger partial charge in [0.2, 0.25) is 0 Å². The maximum atomic E-state index is 6.85. The number of nitrogens with zero attached hydrogens (tertiary/aromatic N) is 1. The summed E-state index contributed by atoms with van der Waals surface area (Å²) in [5.74, 6) is 0. The Kier molecular flexibility index (Phi) is 6.90. The third kappa shape index (κ3) is 4.81. The van der Waals surface area contributed by atoms with Crippen molar-refractivity contribution in [2.24, 2.45) is 0 Å². The van der Waals surface area contributed by atoms with E-state index in [4.69, 9.17) is 4.42 Å². The van der Waals surface area contributed by atoms with E-state index in [1.54, 1.807) is 0 Å². The van der Waals surface area contributed by atoms with Gasteiger partial charge < -0.3 is 9.32 Å². The molecule has 0 aliphatic heterocycles. The van der Waals surface area contributed by atoms with E-state index in [1.807, 2.05) is 0 Å². The van der Waals surface area contributed by atoms with E-state index >= 15 is 0 Å². The van der Waals surface area contributed by atoms with Crippen LogP contribution in [0.4, 0.5) is 17.1 Å². The molecule has 0 spiro atoms. The number of hydrogen-bond donors (Lipinski definition) is 0. The zero-order valence-corrected chi connectivity index (χ0v) is 29.4. The van der Waals surface area contributed by atoms with Crippen molar-refractivity contribution in [3.8, 4) is 22.3 Å². The molecule has 2 heteroatoms. The van der Waals surface area contributed by atoms with Crippen LogP contribution in [0.2, 0.25) is 0 Å². The van der Waals surface area contributed by atoms with Crippen LogP contribution in [0.25, 0.3) is 87.3 Å². The minimum atomic E-state index is 0.871. The summed E-state index contributed by atoms with van der Waals surface area (Å²) >= 11 is 0. The smallest absolute Gasteiger partial charge is 0.145 e. The molecule has 0 unspecified atom stereocenters. The molecule has 11 aromatic rings. The van der Waals surface area contributed by atoms with E-state index in [0.29, 0.717) is 0 Å². The zero-order valence-electron chi connectivity index (χ0n) is 29.4. The fourth-order valence-corrected chi connectivity index (χ4v) is 8.46. The minimum Gasteiger partial charge on any atom is -0.455 e. The van der Waals surface area contributed by atoms with Gasteiger partial charge in [0.1, 0.15) is 11.2 Å². The Morgan fingerprint density at radius 2 is 0.926 bits per heavy atom. The maximum Gasteiger partial charge on any atom is 0.145 e. The fourth-order valence-electron chi connectivity index (χ4n) is 8.46. The van der Waals surface area contributed by atoms with Gasteiger partial charge in [0.25, 0.3) is 0 Å². The molecule has 252 valence electrons. The first-order chi connectivity index (χ1) is 26.8. The number of rotatable bonds is 5. The van der Waals surface area contributed by atoms with Crippen molar-refractivity contribution in [1.82, 2.24) is 0 Å². The van der Waals surface area contributed by atoms with Gasteiger partial charge in [-0.2, -0.15) is 0 Å². The first-order valence-electron chi connectivity index (χ1n) is 18.5. The maximum absolute atomic E-state index is 6.85. The molecule has 10 aromatic carbocycles. The molecule has 0 aliphatic rings. The van der Waals surface area contributed by atoms with Gasteiger partial charge in [0.05, 0.1) is 16.8 Å². The summed E-state index contributed by atoms with van der Waals surface area (Å²) < 4.78 is 6.85. The van der Waals surface area contributed by atoms with E-state index in [1.165, 1.54) is 54.2 Å². The largest absolute Gasteiger partial charge is 0.455 e. The molecule has 54 heavy (non-hydrogen) atoms. The van der Waals surface area contributed by atoms with Crippen LogP contribution in [-0.4, -0.2) is 0 Å².